The first kappa shape index (κ1) is 12.7. The summed E-state index contributed by atoms with van der Waals surface area (Å²) < 4.78 is 1.66. The Morgan fingerprint density at radius 3 is 2.67 bits per heavy atom. The van der Waals surface area contributed by atoms with Crippen LogP contribution in [0.15, 0.2) is 29.1 Å². The summed E-state index contributed by atoms with van der Waals surface area (Å²) in [4.78, 5) is 12.3. The van der Waals surface area contributed by atoms with Gasteiger partial charge in [0.2, 0.25) is 0 Å². The average Bonchev–Trinajstić information content (AvgIpc) is 2.66. The van der Waals surface area contributed by atoms with Crippen LogP contribution in [-0.4, -0.2) is 9.78 Å². The van der Waals surface area contributed by atoms with E-state index in [9.17, 15) is 4.79 Å². The van der Waals surface area contributed by atoms with Gasteiger partial charge in [-0.1, -0.05) is 32.4 Å². The molecule has 18 heavy (non-hydrogen) atoms. The molecule has 0 saturated heterocycles. The Balaban J connectivity index is 2.55. The van der Waals surface area contributed by atoms with Gasteiger partial charge in [0.25, 0.3) is 5.56 Å². The van der Waals surface area contributed by atoms with Crippen molar-refractivity contribution in [3.63, 3.8) is 0 Å². The van der Waals surface area contributed by atoms with E-state index in [1.54, 1.807) is 4.68 Å². The summed E-state index contributed by atoms with van der Waals surface area (Å²) in [5.41, 5.74) is 4.15. The third-order valence-electron chi connectivity index (χ3n) is 3.19. The van der Waals surface area contributed by atoms with Crippen molar-refractivity contribution in [2.75, 3.05) is 0 Å². The number of nitrogens with zero attached hydrogens (tertiary/aromatic N) is 1. The number of rotatable bonds is 4. The van der Waals surface area contributed by atoms with Crippen molar-refractivity contribution < 1.29 is 0 Å². The van der Waals surface area contributed by atoms with E-state index in [0.717, 1.165) is 41.8 Å². The number of aromatic nitrogens is 2. The largest absolute Gasteiger partial charge is 0.295 e. The second kappa shape index (κ2) is 5.25. The normalized spacial score (nSPS) is 10.8. The molecule has 0 aliphatic heterocycles. The standard InChI is InChI=1S/C15H20N2O/c1-4-7-14-13(5-2)15(18)17(16-14)12-9-6-8-11(3)10-12/h6,8-10,16H,4-5,7H2,1-3H3. The molecule has 1 heterocycles. The molecule has 0 aliphatic carbocycles. The maximum Gasteiger partial charge on any atom is 0.274 e. The van der Waals surface area contributed by atoms with Crippen molar-refractivity contribution >= 4 is 0 Å². The van der Waals surface area contributed by atoms with Gasteiger partial charge < -0.3 is 0 Å². The van der Waals surface area contributed by atoms with Crippen LogP contribution in [-0.2, 0) is 12.8 Å². The summed E-state index contributed by atoms with van der Waals surface area (Å²) in [7, 11) is 0. The Labute approximate surface area is 107 Å². The maximum absolute atomic E-state index is 12.3. The minimum atomic E-state index is 0.0894. The van der Waals surface area contributed by atoms with E-state index in [0.29, 0.717) is 0 Å². The highest BCUT2D eigenvalue weighted by atomic mass is 16.1. The first-order valence-corrected chi connectivity index (χ1v) is 6.57. The van der Waals surface area contributed by atoms with E-state index in [4.69, 9.17) is 0 Å². The molecule has 3 heteroatoms. The van der Waals surface area contributed by atoms with Crippen LogP contribution in [0.25, 0.3) is 5.69 Å². The first-order chi connectivity index (χ1) is 8.67. The lowest BCUT2D eigenvalue weighted by Crippen LogP contribution is -2.17. The molecule has 0 fully saturated rings. The lowest BCUT2D eigenvalue weighted by molar-refractivity contribution is 0.792. The summed E-state index contributed by atoms with van der Waals surface area (Å²) in [6, 6.07) is 7.99. The van der Waals surface area contributed by atoms with E-state index in [1.165, 1.54) is 0 Å². The van der Waals surface area contributed by atoms with Crippen molar-refractivity contribution in [1.29, 1.82) is 0 Å². The molecule has 0 saturated carbocycles. The van der Waals surface area contributed by atoms with Gasteiger partial charge >= 0.3 is 0 Å². The molecule has 0 aliphatic rings. The van der Waals surface area contributed by atoms with Gasteiger partial charge in [-0.2, -0.15) is 0 Å². The zero-order valence-electron chi connectivity index (χ0n) is 11.3. The molecule has 2 rings (SSSR count). The Bertz CT molecular complexity index is 593. The Morgan fingerprint density at radius 1 is 1.28 bits per heavy atom. The fourth-order valence-electron chi connectivity index (χ4n) is 2.29. The molecule has 2 aromatic rings. The molecule has 3 nitrogen and oxygen atoms in total. The van der Waals surface area contributed by atoms with Crippen LogP contribution in [0.4, 0.5) is 0 Å². The van der Waals surface area contributed by atoms with Gasteiger partial charge in [0.15, 0.2) is 0 Å². The number of hydrogen-bond acceptors (Lipinski definition) is 1. The molecule has 0 amide bonds. The number of aryl methyl sites for hydroxylation is 2. The van der Waals surface area contributed by atoms with Crippen LogP contribution < -0.4 is 5.56 Å². The van der Waals surface area contributed by atoms with E-state index in [2.05, 4.69) is 12.0 Å². The molecule has 0 unspecified atom stereocenters. The highest BCUT2D eigenvalue weighted by Crippen LogP contribution is 2.11. The zero-order chi connectivity index (χ0) is 13.1. The minimum absolute atomic E-state index is 0.0894. The van der Waals surface area contributed by atoms with Gasteiger partial charge in [-0.15, -0.1) is 0 Å². The van der Waals surface area contributed by atoms with Crippen LogP contribution in [0.5, 0.6) is 0 Å². The topological polar surface area (TPSA) is 37.8 Å². The lowest BCUT2D eigenvalue weighted by atomic mass is 10.1. The van der Waals surface area contributed by atoms with Gasteiger partial charge in [-0.05, 0) is 37.5 Å². The van der Waals surface area contributed by atoms with Gasteiger partial charge in [0.05, 0.1) is 5.69 Å². The third-order valence-corrected chi connectivity index (χ3v) is 3.19. The van der Waals surface area contributed by atoms with Crippen LogP contribution >= 0.6 is 0 Å². The summed E-state index contributed by atoms with van der Waals surface area (Å²) >= 11 is 0. The highest BCUT2D eigenvalue weighted by Gasteiger charge is 2.12. The van der Waals surface area contributed by atoms with Crippen LogP contribution in [0.1, 0.15) is 37.1 Å². The summed E-state index contributed by atoms with van der Waals surface area (Å²) in [5.74, 6) is 0. The summed E-state index contributed by atoms with van der Waals surface area (Å²) in [6.07, 6.45) is 2.75. The molecule has 0 bridgehead atoms. The third kappa shape index (κ3) is 2.26. The molecular weight excluding hydrogens is 224 g/mol. The highest BCUT2D eigenvalue weighted by molar-refractivity contribution is 5.36. The molecule has 96 valence electrons. The molecular formula is C15H20N2O. The smallest absolute Gasteiger partial charge is 0.274 e. The molecule has 0 radical (unpaired) electrons. The number of hydrogen-bond donors (Lipinski definition) is 1. The van der Waals surface area contributed by atoms with E-state index in [1.807, 2.05) is 38.1 Å². The van der Waals surface area contributed by atoms with Gasteiger partial charge in [-0.3, -0.25) is 9.89 Å². The molecule has 1 aromatic heterocycles. The molecule has 0 atom stereocenters. The van der Waals surface area contributed by atoms with Crippen molar-refractivity contribution in [1.82, 2.24) is 9.78 Å². The minimum Gasteiger partial charge on any atom is -0.295 e. The van der Waals surface area contributed by atoms with Crippen molar-refractivity contribution in [2.45, 2.75) is 40.0 Å². The Hall–Kier alpha value is -1.77. The monoisotopic (exact) mass is 244 g/mol. The van der Waals surface area contributed by atoms with Crippen LogP contribution in [0.2, 0.25) is 0 Å². The van der Waals surface area contributed by atoms with Gasteiger partial charge in [-0.25, -0.2) is 4.68 Å². The predicted octanol–water partition coefficient (Wildman–Crippen LogP) is 2.99. The van der Waals surface area contributed by atoms with Crippen molar-refractivity contribution in [3.8, 4) is 5.69 Å². The number of benzene rings is 1. The van der Waals surface area contributed by atoms with Crippen LogP contribution in [0.3, 0.4) is 0 Å². The second-order valence-corrected chi connectivity index (χ2v) is 4.65. The predicted molar refractivity (Wildman–Crippen MR) is 74.5 cm³/mol. The average molecular weight is 244 g/mol. The van der Waals surface area contributed by atoms with Gasteiger partial charge in [0, 0.05) is 11.3 Å². The number of H-pyrrole nitrogens is 1. The van der Waals surface area contributed by atoms with Gasteiger partial charge in [0.1, 0.15) is 0 Å². The summed E-state index contributed by atoms with van der Waals surface area (Å²) in [6.45, 7) is 6.19. The molecule has 1 N–H and O–H groups in total. The lowest BCUT2D eigenvalue weighted by Gasteiger charge is -2.02. The van der Waals surface area contributed by atoms with E-state index in [-0.39, 0.29) is 5.56 Å². The SMILES string of the molecule is CCCc1[nH]n(-c2cccc(C)c2)c(=O)c1CC. The Morgan fingerprint density at radius 2 is 2.06 bits per heavy atom. The molecule has 0 spiro atoms. The fraction of sp³-hybridized carbons (Fsp3) is 0.400. The van der Waals surface area contributed by atoms with Crippen molar-refractivity contribution in [2.24, 2.45) is 0 Å². The Kier molecular flexibility index (Phi) is 3.70. The first-order valence-electron chi connectivity index (χ1n) is 6.57. The molecule has 1 aromatic carbocycles. The van der Waals surface area contributed by atoms with E-state index >= 15 is 0 Å². The van der Waals surface area contributed by atoms with E-state index < -0.39 is 0 Å². The second-order valence-electron chi connectivity index (χ2n) is 4.65. The fourth-order valence-corrected chi connectivity index (χ4v) is 2.29. The summed E-state index contributed by atoms with van der Waals surface area (Å²) in [5, 5.41) is 3.25. The zero-order valence-corrected chi connectivity index (χ0v) is 11.3. The maximum atomic E-state index is 12.3. The van der Waals surface area contributed by atoms with Crippen molar-refractivity contribution in [3.05, 3.63) is 51.4 Å². The quantitative estimate of drug-likeness (QED) is 0.882. The van der Waals surface area contributed by atoms with Crippen LogP contribution in [0, 0.1) is 6.92 Å². The number of nitrogens with one attached hydrogen (secondary N) is 1. The number of aromatic amines is 1.